The third-order valence-corrected chi connectivity index (χ3v) is 6.12. The summed E-state index contributed by atoms with van der Waals surface area (Å²) in [7, 11) is -3.45. The molecule has 0 amide bonds. The van der Waals surface area contributed by atoms with Gasteiger partial charge in [-0.1, -0.05) is 24.6 Å². The highest BCUT2D eigenvalue weighted by molar-refractivity contribution is 7.89. The molecule has 24 heavy (non-hydrogen) atoms. The van der Waals surface area contributed by atoms with Gasteiger partial charge < -0.3 is 5.32 Å². The maximum absolute atomic E-state index is 12.9. The van der Waals surface area contributed by atoms with Gasteiger partial charge in [0.1, 0.15) is 0 Å². The lowest BCUT2D eigenvalue weighted by Crippen LogP contribution is -2.36. The van der Waals surface area contributed by atoms with Gasteiger partial charge >= 0.3 is 0 Å². The molecule has 2 aromatic rings. The van der Waals surface area contributed by atoms with Crippen molar-refractivity contribution >= 4 is 16.0 Å². The van der Waals surface area contributed by atoms with Gasteiger partial charge in [0.05, 0.1) is 4.90 Å². The minimum Gasteiger partial charge on any atom is -0.350 e. The van der Waals surface area contributed by atoms with Crippen molar-refractivity contribution in [2.24, 2.45) is 0 Å². The Hall–Kier alpha value is -1.99. The summed E-state index contributed by atoms with van der Waals surface area (Å²) in [6, 6.07) is 7.12. The lowest BCUT2D eigenvalue weighted by Gasteiger charge is -2.26. The third-order valence-electron chi connectivity index (χ3n) is 4.12. The molecule has 0 unspecified atom stereocenters. The van der Waals surface area contributed by atoms with E-state index in [2.05, 4.69) is 15.3 Å². The molecule has 1 N–H and O–H groups in total. The van der Waals surface area contributed by atoms with Crippen LogP contribution in [0.25, 0.3) is 0 Å². The van der Waals surface area contributed by atoms with Crippen LogP contribution in [0.4, 0.5) is 5.95 Å². The van der Waals surface area contributed by atoms with Crippen LogP contribution >= 0.6 is 0 Å². The van der Waals surface area contributed by atoms with Crippen molar-refractivity contribution in [3.63, 3.8) is 0 Å². The first-order valence-electron chi connectivity index (χ1n) is 8.18. The standard InChI is InChI=1S/C17H22N4O2S/c1-14-11-18-17(19-12-14)20-13-15-7-3-4-8-16(15)24(22,23)21-9-5-2-6-10-21/h3-4,7-8,11-12H,2,5-6,9-10,13H2,1H3,(H,18,19,20). The van der Waals surface area contributed by atoms with Gasteiger partial charge in [-0.3, -0.25) is 0 Å². The zero-order valence-electron chi connectivity index (χ0n) is 13.8. The highest BCUT2D eigenvalue weighted by Gasteiger charge is 2.27. The van der Waals surface area contributed by atoms with Crippen LogP contribution in [0.3, 0.4) is 0 Å². The first-order valence-corrected chi connectivity index (χ1v) is 9.62. The number of aryl methyl sites for hydroxylation is 1. The zero-order valence-corrected chi connectivity index (χ0v) is 14.6. The number of rotatable bonds is 5. The molecule has 6 nitrogen and oxygen atoms in total. The molecule has 0 spiro atoms. The summed E-state index contributed by atoms with van der Waals surface area (Å²) in [6.45, 7) is 3.49. The van der Waals surface area contributed by atoms with Crippen LogP contribution in [0.2, 0.25) is 0 Å². The minimum absolute atomic E-state index is 0.367. The van der Waals surface area contributed by atoms with Crippen molar-refractivity contribution in [3.8, 4) is 0 Å². The number of benzene rings is 1. The van der Waals surface area contributed by atoms with Crippen LogP contribution in [0, 0.1) is 6.92 Å². The summed E-state index contributed by atoms with van der Waals surface area (Å²) in [5, 5.41) is 3.10. The summed E-state index contributed by atoms with van der Waals surface area (Å²) in [5.74, 6) is 0.491. The molecule has 1 aliphatic rings. The van der Waals surface area contributed by atoms with Gasteiger partial charge in [-0.2, -0.15) is 4.31 Å². The molecule has 0 bridgehead atoms. The Balaban J connectivity index is 1.80. The van der Waals surface area contributed by atoms with E-state index in [0.29, 0.717) is 30.5 Å². The van der Waals surface area contributed by atoms with E-state index in [1.54, 1.807) is 28.8 Å². The molecule has 1 aromatic heterocycles. The predicted octanol–water partition coefficient (Wildman–Crippen LogP) is 2.57. The number of hydrogen-bond donors (Lipinski definition) is 1. The van der Waals surface area contributed by atoms with Gasteiger partial charge in [0.15, 0.2) is 0 Å². The maximum atomic E-state index is 12.9. The van der Waals surface area contributed by atoms with Gasteiger partial charge in [-0.25, -0.2) is 18.4 Å². The Kier molecular flexibility index (Phi) is 5.11. The largest absolute Gasteiger partial charge is 0.350 e. The highest BCUT2D eigenvalue weighted by Crippen LogP contribution is 2.24. The zero-order chi connectivity index (χ0) is 17.0. The van der Waals surface area contributed by atoms with Crippen molar-refractivity contribution < 1.29 is 8.42 Å². The molecular weight excluding hydrogens is 324 g/mol. The molecular formula is C17H22N4O2S. The van der Waals surface area contributed by atoms with Crippen LogP contribution in [-0.4, -0.2) is 35.8 Å². The lowest BCUT2D eigenvalue weighted by molar-refractivity contribution is 0.346. The van der Waals surface area contributed by atoms with Crippen molar-refractivity contribution in [2.45, 2.75) is 37.6 Å². The van der Waals surface area contributed by atoms with Crippen LogP contribution in [-0.2, 0) is 16.6 Å². The van der Waals surface area contributed by atoms with E-state index < -0.39 is 10.0 Å². The first-order chi connectivity index (χ1) is 11.6. The molecule has 128 valence electrons. The fraction of sp³-hybridized carbons (Fsp3) is 0.412. The molecule has 0 atom stereocenters. The Bertz CT molecular complexity index is 784. The van der Waals surface area contributed by atoms with E-state index in [-0.39, 0.29) is 0 Å². The van der Waals surface area contributed by atoms with Gasteiger partial charge in [-0.15, -0.1) is 0 Å². The van der Waals surface area contributed by atoms with Crippen molar-refractivity contribution in [2.75, 3.05) is 18.4 Å². The normalized spacial score (nSPS) is 16.0. The van der Waals surface area contributed by atoms with E-state index in [0.717, 1.165) is 30.4 Å². The molecule has 1 saturated heterocycles. The minimum atomic E-state index is -3.45. The van der Waals surface area contributed by atoms with Crippen molar-refractivity contribution in [1.29, 1.82) is 0 Å². The summed E-state index contributed by atoms with van der Waals surface area (Å²) >= 11 is 0. The second kappa shape index (κ2) is 7.27. The Labute approximate surface area is 143 Å². The number of nitrogens with one attached hydrogen (secondary N) is 1. The molecule has 1 aromatic carbocycles. The Morgan fingerprint density at radius 3 is 2.46 bits per heavy atom. The molecule has 0 radical (unpaired) electrons. The lowest BCUT2D eigenvalue weighted by atomic mass is 10.2. The van der Waals surface area contributed by atoms with Gasteiger partial charge in [0, 0.05) is 32.0 Å². The van der Waals surface area contributed by atoms with E-state index >= 15 is 0 Å². The summed E-state index contributed by atoms with van der Waals surface area (Å²) in [6.07, 6.45) is 6.41. The van der Waals surface area contributed by atoms with Gasteiger partial charge in [-0.05, 0) is 37.0 Å². The van der Waals surface area contributed by atoms with Crippen LogP contribution in [0.1, 0.15) is 30.4 Å². The molecule has 0 aliphatic carbocycles. The predicted molar refractivity (Wildman–Crippen MR) is 93.1 cm³/mol. The average molecular weight is 346 g/mol. The van der Waals surface area contributed by atoms with Gasteiger partial charge in [0.2, 0.25) is 16.0 Å². The Morgan fingerprint density at radius 1 is 1.08 bits per heavy atom. The number of nitrogens with zero attached hydrogens (tertiary/aromatic N) is 3. The molecule has 0 saturated carbocycles. The summed E-state index contributed by atoms with van der Waals surface area (Å²) in [5.41, 5.74) is 1.71. The smallest absolute Gasteiger partial charge is 0.243 e. The fourth-order valence-electron chi connectivity index (χ4n) is 2.80. The Morgan fingerprint density at radius 2 is 1.75 bits per heavy atom. The van der Waals surface area contributed by atoms with Crippen molar-refractivity contribution in [1.82, 2.24) is 14.3 Å². The van der Waals surface area contributed by atoms with E-state index in [4.69, 9.17) is 0 Å². The number of sulfonamides is 1. The second-order valence-corrected chi connectivity index (χ2v) is 7.92. The number of hydrogen-bond acceptors (Lipinski definition) is 5. The summed E-state index contributed by atoms with van der Waals surface area (Å²) in [4.78, 5) is 8.75. The van der Waals surface area contributed by atoms with E-state index in [1.807, 2.05) is 19.1 Å². The van der Waals surface area contributed by atoms with Crippen LogP contribution in [0.15, 0.2) is 41.6 Å². The number of piperidine rings is 1. The SMILES string of the molecule is Cc1cnc(NCc2ccccc2S(=O)(=O)N2CCCCC2)nc1. The molecule has 1 fully saturated rings. The van der Waals surface area contributed by atoms with Crippen molar-refractivity contribution in [3.05, 3.63) is 47.8 Å². The maximum Gasteiger partial charge on any atom is 0.243 e. The monoisotopic (exact) mass is 346 g/mol. The highest BCUT2D eigenvalue weighted by atomic mass is 32.2. The third kappa shape index (κ3) is 3.73. The van der Waals surface area contributed by atoms with Gasteiger partial charge in [0.25, 0.3) is 0 Å². The van der Waals surface area contributed by atoms with Crippen LogP contribution < -0.4 is 5.32 Å². The fourth-order valence-corrected chi connectivity index (χ4v) is 4.54. The second-order valence-electron chi connectivity index (χ2n) is 6.01. The van der Waals surface area contributed by atoms with Crippen LogP contribution in [0.5, 0.6) is 0 Å². The molecule has 7 heteroatoms. The first kappa shape index (κ1) is 16.9. The molecule has 3 rings (SSSR count). The average Bonchev–Trinajstić information content (AvgIpc) is 2.62. The quantitative estimate of drug-likeness (QED) is 0.900. The molecule has 1 aliphatic heterocycles. The van der Waals surface area contributed by atoms with E-state index in [1.165, 1.54) is 0 Å². The summed E-state index contributed by atoms with van der Waals surface area (Å²) < 4.78 is 27.5. The number of anilines is 1. The molecule has 2 heterocycles. The number of aromatic nitrogens is 2. The topological polar surface area (TPSA) is 75.2 Å². The van der Waals surface area contributed by atoms with E-state index in [9.17, 15) is 8.42 Å².